The van der Waals surface area contributed by atoms with Crippen LogP contribution in [-0.4, -0.2) is 21.5 Å². The van der Waals surface area contributed by atoms with E-state index in [1.165, 1.54) is 6.42 Å². The van der Waals surface area contributed by atoms with Crippen molar-refractivity contribution < 1.29 is 8.42 Å². The highest BCUT2D eigenvalue weighted by atomic mass is 32.2. The van der Waals surface area contributed by atoms with Gasteiger partial charge in [-0.1, -0.05) is 26.3 Å². The molecule has 1 fully saturated rings. The van der Waals surface area contributed by atoms with Gasteiger partial charge in [-0.05, 0) is 55.0 Å². The molecule has 2 N–H and O–H groups in total. The van der Waals surface area contributed by atoms with Crippen LogP contribution in [0.2, 0.25) is 0 Å². The molecule has 0 aliphatic heterocycles. The predicted molar refractivity (Wildman–Crippen MR) is 85.7 cm³/mol. The van der Waals surface area contributed by atoms with Crippen molar-refractivity contribution in [1.82, 2.24) is 10.0 Å². The van der Waals surface area contributed by atoms with Crippen LogP contribution in [0.4, 0.5) is 0 Å². The Morgan fingerprint density at radius 1 is 1.29 bits per heavy atom. The second-order valence-electron chi connectivity index (χ2n) is 6.36. The molecule has 0 radical (unpaired) electrons. The second-order valence-corrected chi connectivity index (χ2v) is 8.12. The average molecular weight is 310 g/mol. The SMILES string of the molecule is CCNCc1cc(S(=O)(=O)NCC2(C)CCC2)ccc1C. The molecule has 0 heterocycles. The molecule has 21 heavy (non-hydrogen) atoms. The first-order valence-electron chi connectivity index (χ1n) is 7.66. The maximum atomic E-state index is 12.4. The zero-order valence-corrected chi connectivity index (χ0v) is 14.0. The fourth-order valence-electron chi connectivity index (χ4n) is 2.57. The van der Waals surface area contributed by atoms with E-state index in [4.69, 9.17) is 0 Å². The Kier molecular flexibility index (Phi) is 5.07. The van der Waals surface area contributed by atoms with E-state index in [9.17, 15) is 8.42 Å². The van der Waals surface area contributed by atoms with E-state index in [0.29, 0.717) is 18.0 Å². The van der Waals surface area contributed by atoms with Crippen LogP contribution in [-0.2, 0) is 16.6 Å². The van der Waals surface area contributed by atoms with Crippen molar-refractivity contribution in [1.29, 1.82) is 0 Å². The van der Waals surface area contributed by atoms with Crippen LogP contribution in [0, 0.1) is 12.3 Å². The summed E-state index contributed by atoms with van der Waals surface area (Å²) in [6.45, 7) is 8.29. The standard InChI is InChI=1S/C16H26N2O2S/c1-4-17-11-14-10-15(7-6-13(14)2)21(19,20)18-12-16(3)8-5-9-16/h6-7,10,17-18H,4-5,8-9,11-12H2,1-3H3. The first kappa shape index (κ1) is 16.5. The van der Waals surface area contributed by atoms with Crippen molar-refractivity contribution in [2.75, 3.05) is 13.1 Å². The summed E-state index contributed by atoms with van der Waals surface area (Å²) in [6.07, 6.45) is 3.42. The number of benzene rings is 1. The molecule has 0 amide bonds. The van der Waals surface area contributed by atoms with Crippen LogP contribution in [0.5, 0.6) is 0 Å². The van der Waals surface area contributed by atoms with Crippen LogP contribution in [0.3, 0.4) is 0 Å². The van der Waals surface area contributed by atoms with E-state index in [1.807, 2.05) is 19.9 Å². The van der Waals surface area contributed by atoms with Crippen molar-refractivity contribution in [3.05, 3.63) is 29.3 Å². The predicted octanol–water partition coefficient (Wildman–Crippen LogP) is 2.57. The molecule has 0 spiro atoms. The first-order valence-corrected chi connectivity index (χ1v) is 9.14. The minimum absolute atomic E-state index is 0.143. The van der Waals surface area contributed by atoms with E-state index < -0.39 is 10.0 Å². The lowest BCUT2D eigenvalue weighted by Crippen LogP contribution is -2.39. The average Bonchev–Trinajstić information content (AvgIpc) is 2.42. The van der Waals surface area contributed by atoms with Crippen molar-refractivity contribution in [3.63, 3.8) is 0 Å². The lowest BCUT2D eigenvalue weighted by molar-refractivity contribution is 0.166. The lowest BCUT2D eigenvalue weighted by Gasteiger charge is -2.38. The summed E-state index contributed by atoms with van der Waals surface area (Å²) in [5.74, 6) is 0. The molecule has 0 atom stereocenters. The summed E-state index contributed by atoms with van der Waals surface area (Å²) in [5, 5.41) is 3.24. The summed E-state index contributed by atoms with van der Waals surface area (Å²) in [7, 11) is -3.41. The maximum absolute atomic E-state index is 12.4. The zero-order chi connectivity index (χ0) is 15.5. The van der Waals surface area contributed by atoms with Gasteiger partial charge in [0.1, 0.15) is 0 Å². The van der Waals surface area contributed by atoms with Gasteiger partial charge in [0.25, 0.3) is 0 Å². The van der Waals surface area contributed by atoms with Gasteiger partial charge in [-0.2, -0.15) is 0 Å². The van der Waals surface area contributed by atoms with Crippen LogP contribution >= 0.6 is 0 Å². The first-order chi connectivity index (χ1) is 9.86. The van der Waals surface area contributed by atoms with Gasteiger partial charge >= 0.3 is 0 Å². The quantitative estimate of drug-likeness (QED) is 0.814. The van der Waals surface area contributed by atoms with Gasteiger partial charge in [-0.15, -0.1) is 0 Å². The normalized spacial score (nSPS) is 17.5. The van der Waals surface area contributed by atoms with Crippen molar-refractivity contribution in [2.24, 2.45) is 5.41 Å². The van der Waals surface area contributed by atoms with Gasteiger partial charge in [0.05, 0.1) is 4.90 Å². The minimum atomic E-state index is -3.41. The molecule has 5 heteroatoms. The van der Waals surface area contributed by atoms with Gasteiger partial charge in [-0.3, -0.25) is 0 Å². The third kappa shape index (κ3) is 4.05. The molecule has 118 valence electrons. The molecule has 1 aliphatic rings. The summed E-state index contributed by atoms with van der Waals surface area (Å²) >= 11 is 0. The lowest BCUT2D eigenvalue weighted by atomic mass is 9.71. The van der Waals surface area contributed by atoms with Crippen LogP contribution < -0.4 is 10.0 Å². The largest absolute Gasteiger partial charge is 0.313 e. The van der Waals surface area contributed by atoms with Crippen LogP contribution in [0.1, 0.15) is 44.2 Å². The molecule has 4 nitrogen and oxygen atoms in total. The molecule has 1 aromatic carbocycles. The van der Waals surface area contributed by atoms with Crippen LogP contribution in [0.25, 0.3) is 0 Å². The van der Waals surface area contributed by atoms with E-state index in [0.717, 1.165) is 30.5 Å². The Balaban J connectivity index is 2.11. The van der Waals surface area contributed by atoms with Crippen molar-refractivity contribution in [3.8, 4) is 0 Å². The number of hydrogen-bond donors (Lipinski definition) is 2. The molecule has 0 aromatic heterocycles. The van der Waals surface area contributed by atoms with Gasteiger partial charge in [-0.25, -0.2) is 13.1 Å². The van der Waals surface area contributed by atoms with Gasteiger partial charge in [0.15, 0.2) is 0 Å². The molecule has 0 bridgehead atoms. The van der Waals surface area contributed by atoms with Crippen molar-refractivity contribution >= 4 is 10.0 Å². The fourth-order valence-corrected chi connectivity index (χ4v) is 3.82. The van der Waals surface area contributed by atoms with Crippen LogP contribution in [0.15, 0.2) is 23.1 Å². The third-order valence-electron chi connectivity index (χ3n) is 4.45. The van der Waals surface area contributed by atoms with Gasteiger partial charge in [0.2, 0.25) is 10.0 Å². The second kappa shape index (κ2) is 6.46. The number of aryl methyl sites for hydroxylation is 1. The molecule has 1 saturated carbocycles. The number of hydrogen-bond acceptors (Lipinski definition) is 3. The highest BCUT2D eigenvalue weighted by Crippen LogP contribution is 2.39. The summed E-state index contributed by atoms with van der Waals surface area (Å²) < 4.78 is 27.6. The Morgan fingerprint density at radius 3 is 2.57 bits per heavy atom. The van der Waals surface area contributed by atoms with E-state index in [-0.39, 0.29) is 5.41 Å². The highest BCUT2D eigenvalue weighted by Gasteiger charge is 2.33. The maximum Gasteiger partial charge on any atom is 0.240 e. The Bertz CT molecular complexity index is 592. The highest BCUT2D eigenvalue weighted by molar-refractivity contribution is 7.89. The summed E-state index contributed by atoms with van der Waals surface area (Å²) in [4.78, 5) is 0.365. The Morgan fingerprint density at radius 2 is 2.00 bits per heavy atom. The third-order valence-corrected chi connectivity index (χ3v) is 5.84. The van der Waals surface area contributed by atoms with Crippen molar-refractivity contribution in [2.45, 2.75) is 51.5 Å². The Labute approximate surface area is 128 Å². The van der Waals surface area contributed by atoms with Gasteiger partial charge in [0, 0.05) is 13.1 Å². The molecule has 1 aliphatic carbocycles. The summed E-state index contributed by atoms with van der Waals surface area (Å²) in [6, 6.07) is 5.35. The fraction of sp³-hybridized carbons (Fsp3) is 0.625. The molecular formula is C16H26N2O2S. The van der Waals surface area contributed by atoms with Gasteiger partial charge < -0.3 is 5.32 Å². The monoisotopic (exact) mass is 310 g/mol. The van der Waals surface area contributed by atoms with E-state index in [2.05, 4.69) is 17.0 Å². The van der Waals surface area contributed by atoms with E-state index >= 15 is 0 Å². The minimum Gasteiger partial charge on any atom is -0.313 e. The smallest absolute Gasteiger partial charge is 0.240 e. The zero-order valence-electron chi connectivity index (χ0n) is 13.2. The number of nitrogens with one attached hydrogen (secondary N) is 2. The molecule has 2 rings (SSSR count). The molecule has 0 unspecified atom stereocenters. The molecule has 0 saturated heterocycles. The Hall–Kier alpha value is -0.910. The number of rotatable bonds is 7. The summed E-state index contributed by atoms with van der Waals surface area (Å²) in [5.41, 5.74) is 2.29. The molecule has 1 aromatic rings. The van der Waals surface area contributed by atoms with E-state index in [1.54, 1.807) is 12.1 Å². The number of sulfonamides is 1. The molecular weight excluding hydrogens is 284 g/mol. The topological polar surface area (TPSA) is 58.2 Å².